The maximum Gasteiger partial charge on any atom is 0.303 e. The molecule has 0 aromatic heterocycles. The van der Waals surface area contributed by atoms with Crippen LogP contribution in [0.5, 0.6) is 0 Å². The fourth-order valence-electron chi connectivity index (χ4n) is 1.69. The maximum absolute atomic E-state index is 10.9. The van der Waals surface area contributed by atoms with Crippen LogP contribution < -0.4 is 5.32 Å². The quantitative estimate of drug-likeness (QED) is 0.555. The van der Waals surface area contributed by atoms with Crippen LogP contribution in [0.1, 0.15) is 19.8 Å². The predicted molar refractivity (Wildman–Crippen MR) is 74.3 cm³/mol. The number of aliphatic carboxylic acids is 1. The number of benzene rings is 1. The number of rotatable bonds is 8. The second kappa shape index (κ2) is 7.17. The third-order valence-electron chi connectivity index (χ3n) is 2.88. The lowest BCUT2D eigenvalue weighted by Crippen LogP contribution is -2.13. The molecule has 2 N–H and O–H groups in total. The zero-order valence-corrected chi connectivity index (χ0v) is 11.3. The van der Waals surface area contributed by atoms with Gasteiger partial charge in [-0.3, -0.25) is 25.0 Å². The fourth-order valence-corrected chi connectivity index (χ4v) is 1.69. The van der Waals surface area contributed by atoms with E-state index in [0.29, 0.717) is 13.0 Å². The van der Waals surface area contributed by atoms with Crippen molar-refractivity contribution < 1.29 is 19.7 Å². The number of hydrogen-bond donors (Lipinski definition) is 2. The van der Waals surface area contributed by atoms with Crippen LogP contribution in [0.4, 0.5) is 17.1 Å². The van der Waals surface area contributed by atoms with Crippen molar-refractivity contribution in [3.8, 4) is 0 Å². The average molecular weight is 297 g/mol. The molecule has 0 fully saturated rings. The predicted octanol–water partition coefficient (Wildman–Crippen LogP) is 2.42. The first-order valence-electron chi connectivity index (χ1n) is 6.19. The van der Waals surface area contributed by atoms with Crippen LogP contribution in [0.2, 0.25) is 0 Å². The van der Waals surface area contributed by atoms with Crippen LogP contribution in [0.3, 0.4) is 0 Å². The van der Waals surface area contributed by atoms with Gasteiger partial charge in [-0.15, -0.1) is 0 Å². The van der Waals surface area contributed by atoms with Gasteiger partial charge in [-0.1, -0.05) is 6.92 Å². The zero-order chi connectivity index (χ0) is 16.0. The molecule has 1 atom stereocenters. The van der Waals surface area contributed by atoms with E-state index in [2.05, 4.69) is 5.32 Å². The van der Waals surface area contributed by atoms with Crippen molar-refractivity contribution in [2.75, 3.05) is 11.9 Å². The highest BCUT2D eigenvalue weighted by Gasteiger charge is 2.19. The highest BCUT2D eigenvalue weighted by molar-refractivity contribution is 5.67. The molecule has 0 spiro atoms. The molecule has 0 radical (unpaired) electrons. The Morgan fingerprint density at radius 1 is 1.33 bits per heavy atom. The Labute approximate surface area is 119 Å². The SMILES string of the molecule is CC(CCC(=O)O)CNc1ccc([N+](=O)[O-])cc1[N+](=O)[O-]. The van der Waals surface area contributed by atoms with Crippen molar-refractivity contribution in [3.05, 3.63) is 38.4 Å². The number of carbonyl (C=O) groups is 1. The minimum Gasteiger partial charge on any atom is -0.481 e. The summed E-state index contributed by atoms with van der Waals surface area (Å²) in [6, 6.07) is 3.35. The van der Waals surface area contributed by atoms with Crippen molar-refractivity contribution in [3.63, 3.8) is 0 Å². The van der Waals surface area contributed by atoms with E-state index in [0.717, 1.165) is 6.07 Å². The van der Waals surface area contributed by atoms with Crippen LogP contribution in [0.15, 0.2) is 18.2 Å². The molecule has 1 unspecified atom stereocenters. The number of anilines is 1. The fraction of sp³-hybridized carbons (Fsp3) is 0.417. The van der Waals surface area contributed by atoms with Gasteiger partial charge in [0.2, 0.25) is 0 Å². The van der Waals surface area contributed by atoms with E-state index >= 15 is 0 Å². The molecule has 9 heteroatoms. The average Bonchev–Trinajstić information content (AvgIpc) is 2.42. The van der Waals surface area contributed by atoms with Gasteiger partial charge in [0.1, 0.15) is 5.69 Å². The number of nitro benzene ring substituents is 2. The lowest BCUT2D eigenvalue weighted by atomic mass is 10.1. The van der Waals surface area contributed by atoms with Crippen molar-refractivity contribution in [1.29, 1.82) is 0 Å². The zero-order valence-electron chi connectivity index (χ0n) is 11.3. The number of hydrogen-bond acceptors (Lipinski definition) is 6. The topological polar surface area (TPSA) is 136 Å². The Hall–Kier alpha value is -2.71. The van der Waals surface area contributed by atoms with Crippen LogP contribution in [0.25, 0.3) is 0 Å². The van der Waals surface area contributed by atoms with Gasteiger partial charge in [-0.2, -0.15) is 0 Å². The van der Waals surface area contributed by atoms with Gasteiger partial charge in [-0.05, 0) is 18.4 Å². The Morgan fingerprint density at radius 3 is 2.52 bits per heavy atom. The third-order valence-corrected chi connectivity index (χ3v) is 2.88. The number of non-ortho nitro benzene ring substituents is 1. The third kappa shape index (κ3) is 5.05. The van der Waals surface area contributed by atoms with Crippen molar-refractivity contribution in [2.24, 2.45) is 5.92 Å². The summed E-state index contributed by atoms with van der Waals surface area (Å²) in [4.78, 5) is 30.6. The van der Waals surface area contributed by atoms with E-state index in [1.807, 2.05) is 6.92 Å². The van der Waals surface area contributed by atoms with Crippen molar-refractivity contribution in [1.82, 2.24) is 0 Å². The molecule has 0 aliphatic heterocycles. The highest BCUT2D eigenvalue weighted by atomic mass is 16.6. The summed E-state index contributed by atoms with van der Waals surface area (Å²) in [6.07, 6.45) is 0.453. The Kier molecular flexibility index (Phi) is 5.58. The molecule has 0 aliphatic carbocycles. The molecule has 0 aliphatic rings. The lowest BCUT2D eigenvalue weighted by molar-refractivity contribution is -0.393. The van der Waals surface area contributed by atoms with Gasteiger partial charge in [0, 0.05) is 19.0 Å². The smallest absolute Gasteiger partial charge is 0.303 e. The minimum absolute atomic E-state index is 0.00380. The minimum atomic E-state index is -0.900. The van der Waals surface area contributed by atoms with E-state index in [4.69, 9.17) is 5.11 Å². The number of nitro groups is 2. The second-order valence-electron chi connectivity index (χ2n) is 4.63. The van der Waals surface area contributed by atoms with Gasteiger partial charge < -0.3 is 10.4 Å². The van der Waals surface area contributed by atoms with Gasteiger partial charge in [-0.25, -0.2) is 0 Å². The standard InChI is InChI=1S/C12H15N3O6/c1-8(2-5-12(16)17)7-13-10-4-3-9(14(18)19)6-11(10)15(20)21/h3-4,6,8,13H,2,5,7H2,1H3,(H,16,17). The summed E-state index contributed by atoms with van der Waals surface area (Å²) < 4.78 is 0. The Morgan fingerprint density at radius 2 is 2.00 bits per heavy atom. The molecule has 0 amide bonds. The van der Waals surface area contributed by atoms with E-state index in [1.165, 1.54) is 12.1 Å². The van der Waals surface area contributed by atoms with E-state index in [9.17, 15) is 25.0 Å². The van der Waals surface area contributed by atoms with Gasteiger partial charge in [0.05, 0.1) is 15.9 Å². The molecule has 0 saturated carbocycles. The summed E-state index contributed by atoms with van der Waals surface area (Å²) in [5, 5.41) is 32.9. The maximum atomic E-state index is 10.9. The normalized spacial score (nSPS) is 11.7. The molecule has 0 bridgehead atoms. The monoisotopic (exact) mass is 297 g/mol. The number of nitrogens with zero attached hydrogens (tertiary/aromatic N) is 2. The van der Waals surface area contributed by atoms with Crippen molar-refractivity contribution >= 4 is 23.0 Å². The number of carboxylic acids is 1. The van der Waals surface area contributed by atoms with Crippen LogP contribution in [-0.4, -0.2) is 27.5 Å². The van der Waals surface area contributed by atoms with Crippen LogP contribution in [0, 0.1) is 26.1 Å². The summed E-state index contributed by atoms with van der Waals surface area (Å²) in [6.45, 7) is 2.15. The Balaban J connectivity index is 2.76. The highest BCUT2D eigenvalue weighted by Crippen LogP contribution is 2.29. The number of nitrogens with one attached hydrogen (secondary N) is 1. The molecule has 0 heterocycles. The van der Waals surface area contributed by atoms with Crippen molar-refractivity contribution in [2.45, 2.75) is 19.8 Å². The molecular formula is C12H15N3O6. The molecule has 1 rings (SSSR count). The molecule has 9 nitrogen and oxygen atoms in total. The summed E-state index contributed by atoms with van der Waals surface area (Å²) >= 11 is 0. The van der Waals surface area contributed by atoms with Gasteiger partial charge in [0.15, 0.2) is 0 Å². The molecule has 0 saturated heterocycles. The number of carboxylic acid groups (broad SMARTS) is 1. The second-order valence-corrected chi connectivity index (χ2v) is 4.63. The van der Waals surface area contributed by atoms with E-state index < -0.39 is 15.8 Å². The molecule has 21 heavy (non-hydrogen) atoms. The molecule has 1 aromatic rings. The Bertz CT molecular complexity index is 560. The largest absolute Gasteiger partial charge is 0.481 e. The van der Waals surface area contributed by atoms with Crippen LogP contribution in [-0.2, 0) is 4.79 Å². The van der Waals surface area contributed by atoms with Crippen LogP contribution >= 0.6 is 0 Å². The summed E-state index contributed by atoms with van der Waals surface area (Å²) in [5.74, 6) is -0.904. The first-order chi connectivity index (χ1) is 9.81. The molecular weight excluding hydrogens is 282 g/mol. The van der Waals surface area contributed by atoms with Gasteiger partial charge in [0.25, 0.3) is 11.4 Å². The molecule has 114 valence electrons. The summed E-state index contributed by atoms with van der Waals surface area (Å²) in [7, 11) is 0. The summed E-state index contributed by atoms with van der Waals surface area (Å²) in [5.41, 5.74) is -0.561. The lowest BCUT2D eigenvalue weighted by Gasteiger charge is -2.12. The van der Waals surface area contributed by atoms with Gasteiger partial charge >= 0.3 is 5.97 Å². The first-order valence-corrected chi connectivity index (χ1v) is 6.19. The first kappa shape index (κ1) is 16.3. The van der Waals surface area contributed by atoms with E-state index in [-0.39, 0.29) is 29.4 Å². The molecule has 1 aromatic carbocycles. The van der Waals surface area contributed by atoms with E-state index in [1.54, 1.807) is 0 Å².